The molecule has 0 saturated heterocycles. The molecule has 0 aliphatic heterocycles. The quantitative estimate of drug-likeness (QED) is 0.490. The second kappa shape index (κ2) is 4.37. The van der Waals surface area contributed by atoms with E-state index in [2.05, 4.69) is 56.8 Å². The average molecular weight is 281 g/mol. The van der Waals surface area contributed by atoms with Crippen molar-refractivity contribution in [2.45, 2.75) is 0 Å². The van der Waals surface area contributed by atoms with E-state index in [1.54, 1.807) is 22.7 Å². The predicted octanol–water partition coefficient (Wildman–Crippen LogP) is 5.62. The highest BCUT2D eigenvalue weighted by molar-refractivity contribution is 7.08. The fourth-order valence-corrected chi connectivity index (χ4v) is 3.80. The molecule has 3 aromatic heterocycles. The number of hydrogen-bond donors (Lipinski definition) is 1. The second-order valence-electron chi connectivity index (χ2n) is 4.45. The fourth-order valence-electron chi connectivity index (χ4n) is 2.48. The lowest BCUT2D eigenvalue weighted by Gasteiger charge is -2.06. The van der Waals surface area contributed by atoms with E-state index >= 15 is 0 Å². The van der Waals surface area contributed by atoms with Crippen molar-refractivity contribution >= 4 is 33.6 Å². The Hall–Kier alpha value is -1.84. The smallest absolute Gasteiger partial charge is 0.0540 e. The lowest BCUT2D eigenvalue weighted by molar-refractivity contribution is 1.48. The lowest BCUT2D eigenvalue weighted by Crippen LogP contribution is -1.81. The van der Waals surface area contributed by atoms with Crippen molar-refractivity contribution in [3.05, 3.63) is 58.0 Å². The van der Waals surface area contributed by atoms with Crippen LogP contribution in [0.15, 0.2) is 58.0 Å². The Kier molecular flexibility index (Phi) is 2.53. The van der Waals surface area contributed by atoms with Crippen molar-refractivity contribution in [2.75, 3.05) is 0 Å². The highest BCUT2D eigenvalue weighted by Crippen LogP contribution is 2.36. The Morgan fingerprint density at radius 3 is 2.11 bits per heavy atom. The molecule has 0 aliphatic carbocycles. The first kappa shape index (κ1) is 11.0. The van der Waals surface area contributed by atoms with Gasteiger partial charge in [-0.15, -0.1) is 0 Å². The molecule has 0 radical (unpaired) electrons. The summed E-state index contributed by atoms with van der Waals surface area (Å²) in [6, 6.07) is 11.0. The summed E-state index contributed by atoms with van der Waals surface area (Å²) in [4.78, 5) is 3.39. The van der Waals surface area contributed by atoms with Crippen LogP contribution >= 0.6 is 22.7 Å². The molecular weight excluding hydrogens is 270 g/mol. The van der Waals surface area contributed by atoms with Gasteiger partial charge >= 0.3 is 0 Å². The molecule has 92 valence electrons. The van der Waals surface area contributed by atoms with Crippen molar-refractivity contribution in [1.82, 2.24) is 4.98 Å². The number of nitrogens with one attached hydrogen (secondary N) is 1. The van der Waals surface area contributed by atoms with E-state index in [0.29, 0.717) is 0 Å². The highest BCUT2D eigenvalue weighted by atomic mass is 32.1. The van der Waals surface area contributed by atoms with Crippen LogP contribution in [0.2, 0.25) is 0 Å². The largest absolute Gasteiger partial charge is 0.361 e. The molecule has 4 aromatic rings. The fraction of sp³-hybridized carbons (Fsp3) is 0. The van der Waals surface area contributed by atoms with E-state index in [9.17, 15) is 0 Å². The van der Waals surface area contributed by atoms with Gasteiger partial charge in [0.1, 0.15) is 0 Å². The topological polar surface area (TPSA) is 15.8 Å². The molecule has 1 N–H and O–H groups in total. The van der Waals surface area contributed by atoms with Gasteiger partial charge in [0.25, 0.3) is 0 Å². The molecule has 0 atom stereocenters. The third-order valence-electron chi connectivity index (χ3n) is 3.39. The first-order valence-electron chi connectivity index (χ1n) is 6.09. The number of aromatic amines is 1. The number of H-pyrrole nitrogens is 1. The van der Waals surface area contributed by atoms with Crippen molar-refractivity contribution < 1.29 is 0 Å². The van der Waals surface area contributed by atoms with E-state index in [4.69, 9.17) is 0 Å². The molecule has 1 aromatic carbocycles. The standard InChI is InChI=1S/C16H11NS2/c1-2-14(12-5-8-19-10-12)16-15(3-6-17-16)13(1)11-4-7-18-9-11/h1-10,17H. The van der Waals surface area contributed by atoms with Gasteiger partial charge in [-0.25, -0.2) is 0 Å². The Morgan fingerprint density at radius 2 is 1.42 bits per heavy atom. The van der Waals surface area contributed by atoms with Crippen LogP contribution in [0.3, 0.4) is 0 Å². The van der Waals surface area contributed by atoms with Gasteiger partial charge in [-0.1, -0.05) is 12.1 Å². The van der Waals surface area contributed by atoms with Crippen LogP contribution in [0, 0.1) is 0 Å². The summed E-state index contributed by atoms with van der Waals surface area (Å²) < 4.78 is 0. The number of rotatable bonds is 2. The van der Waals surface area contributed by atoms with Gasteiger partial charge in [-0.2, -0.15) is 22.7 Å². The maximum Gasteiger partial charge on any atom is 0.0540 e. The minimum absolute atomic E-state index is 1.22. The number of hydrogen-bond acceptors (Lipinski definition) is 2. The van der Waals surface area contributed by atoms with Crippen LogP contribution < -0.4 is 0 Å². The molecule has 3 heteroatoms. The van der Waals surface area contributed by atoms with Crippen LogP contribution in [0.5, 0.6) is 0 Å². The Balaban J connectivity index is 2.01. The van der Waals surface area contributed by atoms with Gasteiger partial charge in [0, 0.05) is 17.1 Å². The summed E-state index contributed by atoms with van der Waals surface area (Å²) in [6.45, 7) is 0. The van der Waals surface area contributed by atoms with Crippen LogP contribution in [0.1, 0.15) is 0 Å². The third-order valence-corrected chi connectivity index (χ3v) is 4.75. The zero-order chi connectivity index (χ0) is 12.7. The van der Waals surface area contributed by atoms with Crippen LogP contribution in [0.25, 0.3) is 33.2 Å². The molecular formula is C16H11NS2. The molecule has 0 fully saturated rings. The number of fused-ring (bicyclic) bond motifs is 1. The minimum atomic E-state index is 1.22. The molecule has 19 heavy (non-hydrogen) atoms. The summed E-state index contributed by atoms with van der Waals surface area (Å²) in [5, 5.41) is 9.94. The minimum Gasteiger partial charge on any atom is -0.361 e. The zero-order valence-electron chi connectivity index (χ0n) is 10.1. The SMILES string of the molecule is c1cc2c(-c3ccsc3)ccc(-c3ccsc3)c2[nH]1. The van der Waals surface area contributed by atoms with Gasteiger partial charge < -0.3 is 4.98 Å². The molecule has 0 bridgehead atoms. The van der Waals surface area contributed by atoms with Crippen molar-refractivity contribution in [2.24, 2.45) is 0 Å². The summed E-state index contributed by atoms with van der Waals surface area (Å²) in [7, 11) is 0. The second-order valence-corrected chi connectivity index (χ2v) is 6.01. The van der Waals surface area contributed by atoms with Crippen molar-refractivity contribution in [1.29, 1.82) is 0 Å². The highest BCUT2D eigenvalue weighted by Gasteiger charge is 2.10. The average Bonchev–Trinajstić information content (AvgIpc) is 3.19. The molecule has 3 heterocycles. The molecule has 0 spiro atoms. The van der Waals surface area contributed by atoms with Gasteiger partial charge in [0.05, 0.1) is 5.52 Å². The van der Waals surface area contributed by atoms with E-state index in [1.807, 2.05) is 6.20 Å². The Morgan fingerprint density at radius 1 is 0.737 bits per heavy atom. The maximum atomic E-state index is 3.39. The monoisotopic (exact) mass is 281 g/mol. The van der Waals surface area contributed by atoms with E-state index in [0.717, 1.165) is 0 Å². The molecule has 4 rings (SSSR count). The van der Waals surface area contributed by atoms with E-state index in [-0.39, 0.29) is 0 Å². The first-order chi connectivity index (χ1) is 9.43. The Labute approximate surface area is 119 Å². The van der Waals surface area contributed by atoms with Gasteiger partial charge in [-0.3, -0.25) is 0 Å². The van der Waals surface area contributed by atoms with Crippen LogP contribution in [-0.2, 0) is 0 Å². The van der Waals surface area contributed by atoms with Crippen molar-refractivity contribution in [3.8, 4) is 22.3 Å². The number of benzene rings is 1. The lowest BCUT2D eigenvalue weighted by atomic mass is 9.99. The first-order valence-corrected chi connectivity index (χ1v) is 7.97. The van der Waals surface area contributed by atoms with Crippen LogP contribution in [-0.4, -0.2) is 4.98 Å². The molecule has 0 unspecified atom stereocenters. The zero-order valence-corrected chi connectivity index (χ0v) is 11.7. The summed E-state index contributed by atoms with van der Waals surface area (Å²) in [6.07, 6.45) is 2.02. The molecule has 0 amide bonds. The van der Waals surface area contributed by atoms with Gasteiger partial charge in [0.2, 0.25) is 0 Å². The summed E-state index contributed by atoms with van der Waals surface area (Å²) in [5.41, 5.74) is 6.39. The molecule has 1 nitrogen and oxygen atoms in total. The normalized spacial score (nSPS) is 11.2. The van der Waals surface area contributed by atoms with E-state index < -0.39 is 0 Å². The van der Waals surface area contributed by atoms with Gasteiger partial charge in [-0.05, 0) is 56.4 Å². The molecule has 0 saturated carbocycles. The summed E-state index contributed by atoms with van der Waals surface area (Å²) >= 11 is 3.47. The third kappa shape index (κ3) is 1.74. The molecule has 0 aliphatic rings. The summed E-state index contributed by atoms with van der Waals surface area (Å²) in [5.74, 6) is 0. The Bertz CT molecular complexity index is 740. The maximum absolute atomic E-state index is 3.39. The number of thiophene rings is 2. The number of aromatic nitrogens is 1. The van der Waals surface area contributed by atoms with Gasteiger partial charge in [0.15, 0.2) is 0 Å². The predicted molar refractivity (Wildman–Crippen MR) is 84.9 cm³/mol. The van der Waals surface area contributed by atoms with Crippen LogP contribution in [0.4, 0.5) is 0 Å². The van der Waals surface area contributed by atoms with E-state index in [1.165, 1.54) is 33.2 Å². The van der Waals surface area contributed by atoms with Crippen molar-refractivity contribution in [3.63, 3.8) is 0 Å².